The number of hydrogen-bond acceptors (Lipinski definition) is 3. The van der Waals surface area contributed by atoms with Crippen molar-refractivity contribution in [1.82, 2.24) is 4.98 Å². The van der Waals surface area contributed by atoms with Gasteiger partial charge < -0.3 is 10.0 Å². The number of aliphatic hydroxyl groups is 1. The normalized spacial score (nSPS) is 12.2. The van der Waals surface area contributed by atoms with Crippen molar-refractivity contribution in [2.24, 2.45) is 0 Å². The van der Waals surface area contributed by atoms with Crippen molar-refractivity contribution >= 4 is 11.4 Å². The van der Waals surface area contributed by atoms with Crippen molar-refractivity contribution in [3.8, 4) is 0 Å². The van der Waals surface area contributed by atoms with Gasteiger partial charge >= 0.3 is 0 Å². The highest BCUT2D eigenvalue weighted by Crippen LogP contribution is 2.24. The Hall–Kier alpha value is -1.94. The number of anilines is 2. The summed E-state index contributed by atoms with van der Waals surface area (Å²) in [4.78, 5) is 6.00. The van der Waals surface area contributed by atoms with E-state index in [2.05, 4.69) is 4.98 Å². The summed E-state index contributed by atoms with van der Waals surface area (Å²) in [6, 6.07) is 9.97. The standard InChI is InChI=1S/C14H15FN2O/c1-10(18)14-7-6-13(9-16-14)17(2)12-5-3-4-11(15)8-12/h3-10,18H,1-2H3/t10-/m1/s1. The molecule has 94 valence electrons. The third-order valence-corrected chi connectivity index (χ3v) is 2.78. The average Bonchev–Trinajstić information content (AvgIpc) is 2.38. The molecule has 0 amide bonds. The summed E-state index contributed by atoms with van der Waals surface area (Å²) >= 11 is 0. The van der Waals surface area contributed by atoms with Gasteiger partial charge in [0.25, 0.3) is 0 Å². The maximum Gasteiger partial charge on any atom is 0.125 e. The first-order valence-corrected chi connectivity index (χ1v) is 5.71. The van der Waals surface area contributed by atoms with E-state index in [1.165, 1.54) is 12.1 Å². The Morgan fingerprint density at radius 1 is 1.22 bits per heavy atom. The Labute approximate surface area is 106 Å². The number of rotatable bonds is 3. The summed E-state index contributed by atoms with van der Waals surface area (Å²) in [5, 5.41) is 9.38. The van der Waals surface area contributed by atoms with Crippen LogP contribution in [0.2, 0.25) is 0 Å². The molecule has 0 fully saturated rings. The minimum absolute atomic E-state index is 0.270. The molecule has 1 heterocycles. The van der Waals surface area contributed by atoms with Crippen LogP contribution in [0.3, 0.4) is 0 Å². The van der Waals surface area contributed by atoms with E-state index in [-0.39, 0.29) is 5.82 Å². The molecular formula is C14H15FN2O. The van der Waals surface area contributed by atoms with Crippen LogP contribution < -0.4 is 4.90 Å². The number of aliphatic hydroxyl groups excluding tert-OH is 1. The molecule has 0 saturated carbocycles. The molecule has 1 aromatic heterocycles. The number of aromatic nitrogens is 1. The molecule has 0 unspecified atom stereocenters. The predicted octanol–water partition coefficient (Wildman–Crippen LogP) is 3.04. The van der Waals surface area contributed by atoms with Crippen molar-refractivity contribution in [1.29, 1.82) is 0 Å². The predicted molar refractivity (Wildman–Crippen MR) is 69.3 cm³/mol. The van der Waals surface area contributed by atoms with Gasteiger partial charge in [0, 0.05) is 12.7 Å². The molecule has 3 nitrogen and oxygen atoms in total. The average molecular weight is 246 g/mol. The Bertz CT molecular complexity index is 526. The minimum Gasteiger partial charge on any atom is -0.387 e. The Morgan fingerprint density at radius 3 is 2.56 bits per heavy atom. The van der Waals surface area contributed by atoms with Gasteiger partial charge in [0.2, 0.25) is 0 Å². The zero-order valence-corrected chi connectivity index (χ0v) is 10.3. The van der Waals surface area contributed by atoms with Crippen LogP contribution in [-0.4, -0.2) is 17.1 Å². The molecule has 2 rings (SSSR count). The second-order valence-corrected chi connectivity index (χ2v) is 4.16. The molecule has 1 N–H and O–H groups in total. The van der Waals surface area contributed by atoms with Crippen molar-refractivity contribution in [2.45, 2.75) is 13.0 Å². The summed E-state index contributed by atoms with van der Waals surface area (Å²) in [5.74, 6) is -0.270. The first-order valence-electron chi connectivity index (χ1n) is 5.71. The smallest absolute Gasteiger partial charge is 0.125 e. The van der Waals surface area contributed by atoms with Crippen LogP contribution >= 0.6 is 0 Å². The van der Waals surface area contributed by atoms with Gasteiger partial charge in [0.05, 0.1) is 23.7 Å². The molecule has 0 aliphatic heterocycles. The van der Waals surface area contributed by atoms with Gasteiger partial charge in [-0.1, -0.05) is 6.07 Å². The molecule has 0 radical (unpaired) electrons. The zero-order chi connectivity index (χ0) is 13.1. The summed E-state index contributed by atoms with van der Waals surface area (Å²) in [5.41, 5.74) is 2.21. The molecular weight excluding hydrogens is 231 g/mol. The van der Waals surface area contributed by atoms with E-state index in [0.717, 1.165) is 11.4 Å². The second-order valence-electron chi connectivity index (χ2n) is 4.16. The lowest BCUT2D eigenvalue weighted by atomic mass is 10.2. The molecule has 0 spiro atoms. The molecule has 0 saturated heterocycles. The van der Waals surface area contributed by atoms with Gasteiger partial charge in [-0.25, -0.2) is 4.39 Å². The van der Waals surface area contributed by atoms with Crippen molar-refractivity contribution in [3.63, 3.8) is 0 Å². The zero-order valence-electron chi connectivity index (χ0n) is 10.3. The van der Waals surface area contributed by atoms with E-state index >= 15 is 0 Å². The number of pyridine rings is 1. The number of benzene rings is 1. The Balaban J connectivity index is 2.26. The topological polar surface area (TPSA) is 36.4 Å². The highest BCUT2D eigenvalue weighted by atomic mass is 19.1. The summed E-state index contributed by atoms with van der Waals surface area (Å²) in [6.07, 6.45) is 1.07. The van der Waals surface area contributed by atoms with Crippen LogP contribution in [0.1, 0.15) is 18.7 Å². The van der Waals surface area contributed by atoms with Crippen LogP contribution in [0, 0.1) is 5.82 Å². The van der Waals surface area contributed by atoms with E-state index < -0.39 is 6.10 Å². The van der Waals surface area contributed by atoms with E-state index in [4.69, 9.17) is 0 Å². The van der Waals surface area contributed by atoms with Crippen LogP contribution in [0.25, 0.3) is 0 Å². The quantitative estimate of drug-likeness (QED) is 0.904. The van der Waals surface area contributed by atoms with Gasteiger partial charge in [-0.15, -0.1) is 0 Å². The van der Waals surface area contributed by atoms with Crippen molar-refractivity contribution in [2.75, 3.05) is 11.9 Å². The number of halogens is 1. The fourth-order valence-corrected chi connectivity index (χ4v) is 1.68. The molecule has 1 aromatic carbocycles. The monoisotopic (exact) mass is 246 g/mol. The van der Waals surface area contributed by atoms with Gasteiger partial charge in [-0.3, -0.25) is 4.98 Å². The number of nitrogens with zero attached hydrogens (tertiary/aromatic N) is 2. The van der Waals surface area contributed by atoms with E-state index in [1.807, 2.05) is 24.1 Å². The minimum atomic E-state index is -0.585. The largest absolute Gasteiger partial charge is 0.387 e. The van der Waals surface area contributed by atoms with Crippen molar-refractivity contribution in [3.05, 3.63) is 54.1 Å². The van der Waals surface area contributed by atoms with Crippen LogP contribution in [0.5, 0.6) is 0 Å². The molecule has 0 aliphatic rings. The molecule has 1 atom stereocenters. The number of hydrogen-bond donors (Lipinski definition) is 1. The summed E-state index contributed by atoms with van der Waals surface area (Å²) < 4.78 is 13.1. The molecule has 2 aromatic rings. The van der Waals surface area contributed by atoms with Gasteiger partial charge in [0.15, 0.2) is 0 Å². The lowest BCUT2D eigenvalue weighted by Crippen LogP contribution is -2.10. The van der Waals surface area contributed by atoms with Crippen molar-refractivity contribution < 1.29 is 9.50 Å². The van der Waals surface area contributed by atoms with Gasteiger partial charge in [0.1, 0.15) is 5.82 Å². The second kappa shape index (κ2) is 5.14. The SMILES string of the molecule is C[C@@H](O)c1ccc(N(C)c2cccc(F)c2)cn1. The molecule has 4 heteroatoms. The lowest BCUT2D eigenvalue weighted by molar-refractivity contribution is 0.194. The van der Waals surface area contributed by atoms with E-state index in [0.29, 0.717) is 5.69 Å². The van der Waals surface area contributed by atoms with E-state index in [1.54, 1.807) is 25.3 Å². The summed E-state index contributed by atoms with van der Waals surface area (Å²) in [7, 11) is 1.84. The fraction of sp³-hybridized carbons (Fsp3) is 0.214. The van der Waals surface area contributed by atoms with Gasteiger partial charge in [-0.2, -0.15) is 0 Å². The van der Waals surface area contributed by atoms with E-state index in [9.17, 15) is 9.50 Å². The summed E-state index contributed by atoms with van der Waals surface area (Å²) in [6.45, 7) is 1.66. The molecule has 0 bridgehead atoms. The molecule has 0 aliphatic carbocycles. The fourth-order valence-electron chi connectivity index (χ4n) is 1.68. The molecule has 18 heavy (non-hydrogen) atoms. The van der Waals surface area contributed by atoms with Crippen LogP contribution in [0.15, 0.2) is 42.6 Å². The third-order valence-electron chi connectivity index (χ3n) is 2.78. The van der Waals surface area contributed by atoms with Crippen LogP contribution in [-0.2, 0) is 0 Å². The Kier molecular flexibility index (Phi) is 3.58. The first-order chi connectivity index (χ1) is 8.58. The lowest BCUT2D eigenvalue weighted by Gasteiger charge is -2.19. The highest BCUT2D eigenvalue weighted by Gasteiger charge is 2.07. The maximum atomic E-state index is 13.1. The van der Waals surface area contributed by atoms with Gasteiger partial charge in [-0.05, 0) is 37.3 Å². The first kappa shape index (κ1) is 12.5. The Morgan fingerprint density at radius 2 is 2.00 bits per heavy atom. The highest BCUT2D eigenvalue weighted by molar-refractivity contribution is 5.61. The maximum absolute atomic E-state index is 13.1. The third kappa shape index (κ3) is 2.65. The van der Waals surface area contributed by atoms with Crippen LogP contribution in [0.4, 0.5) is 15.8 Å².